The van der Waals surface area contributed by atoms with Gasteiger partial charge in [-0.2, -0.15) is 0 Å². The Kier molecular flexibility index (Phi) is 5.01. The van der Waals surface area contributed by atoms with E-state index >= 15 is 0 Å². The lowest BCUT2D eigenvalue weighted by Crippen LogP contribution is -2.54. The summed E-state index contributed by atoms with van der Waals surface area (Å²) in [5.41, 5.74) is -1.15. The fourth-order valence-electron chi connectivity index (χ4n) is 2.83. The Morgan fingerprint density at radius 1 is 1.45 bits per heavy atom. The maximum atomic E-state index is 11.1. The van der Waals surface area contributed by atoms with Gasteiger partial charge in [0.25, 0.3) is 0 Å². The van der Waals surface area contributed by atoms with Gasteiger partial charge >= 0.3 is 5.97 Å². The second-order valence-electron chi connectivity index (χ2n) is 6.25. The molecule has 1 fully saturated rings. The average Bonchev–Trinajstić information content (AvgIpc) is 2.32. The van der Waals surface area contributed by atoms with Crippen LogP contribution in [-0.2, 0) is 9.53 Å². The van der Waals surface area contributed by atoms with Crippen molar-refractivity contribution in [1.29, 1.82) is 0 Å². The van der Waals surface area contributed by atoms with Crippen LogP contribution in [0, 0.1) is 23.2 Å². The van der Waals surface area contributed by atoms with Crippen molar-refractivity contribution in [3.05, 3.63) is 11.6 Å². The van der Waals surface area contributed by atoms with E-state index in [1.165, 1.54) is 13.2 Å². The number of ether oxygens (including phenoxy) is 1. The Morgan fingerprint density at radius 2 is 2.05 bits per heavy atom. The summed E-state index contributed by atoms with van der Waals surface area (Å²) in [4.78, 5) is 11.1. The molecule has 0 aromatic rings. The lowest BCUT2D eigenvalue weighted by atomic mass is 9.60. The zero-order chi connectivity index (χ0) is 15.6. The maximum Gasteiger partial charge on any atom is 0.331 e. The summed E-state index contributed by atoms with van der Waals surface area (Å²) in [6, 6.07) is 0. The molecule has 0 bridgehead atoms. The lowest BCUT2D eigenvalue weighted by Gasteiger charge is -2.48. The van der Waals surface area contributed by atoms with E-state index in [1.54, 1.807) is 6.92 Å². The van der Waals surface area contributed by atoms with E-state index in [2.05, 4.69) is 16.6 Å². The molecular weight excluding hydrogens is 256 g/mol. The monoisotopic (exact) mass is 280 g/mol. The van der Waals surface area contributed by atoms with Crippen LogP contribution < -0.4 is 0 Å². The zero-order valence-corrected chi connectivity index (χ0v) is 12.9. The Morgan fingerprint density at radius 3 is 2.55 bits per heavy atom. The van der Waals surface area contributed by atoms with Crippen LogP contribution in [0.1, 0.15) is 40.5 Å². The van der Waals surface area contributed by atoms with Crippen LogP contribution in [0.2, 0.25) is 0 Å². The SMILES string of the molecule is COC(=O)/C=C(/C)C#CC1(O)C(C)CC(O)CC1(C)C. The Balaban J connectivity index is 3.05. The quantitative estimate of drug-likeness (QED) is 0.435. The first kappa shape index (κ1) is 16.7. The number of aliphatic hydroxyl groups is 2. The van der Waals surface area contributed by atoms with Crippen molar-refractivity contribution in [2.24, 2.45) is 11.3 Å². The Bertz CT molecular complexity index is 467. The molecule has 0 saturated heterocycles. The molecule has 2 N–H and O–H groups in total. The summed E-state index contributed by atoms with van der Waals surface area (Å²) < 4.78 is 4.54. The summed E-state index contributed by atoms with van der Waals surface area (Å²) in [6.45, 7) is 7.39. The summed E-state index contributed by atoms with van der Waals surface area (Å²) in [5.74, 6) is 5.14. The van der Waals surface area contributed by atoms with E-state index in [-0.39, 0.29) is 5.92 Å². The standard InChI is InChI=1S/C16H24O4/c1-11(8-14(18)20-5)6-7-16(19)12(2)9-13(17)10-15(16,3)4/h8,12-13,17,19H,9-10H2,1-5H3/b11-8-. The molecule has 3 atom stereocenters. The first-order valence-electron chi connectivity index (χ1n) is 6.82. The second-order valence-corrected chi connectivity index (χ2v) is 6.25. The van der Waals surface area contributed by atoms with Gasteiger partial charge in [0, 0.05) is 17.1 Å². The third-order valence-corrected chi connectivity index (χ3v) is 4.10. The van der Waals surface area contributed by atoms with Crippen molar-refractivity contribution in [2.45, 2.75) is 52.2 Å². The molecule has 1 rings (SSSR count). The smallest absolute Gasteiger partial charge is 0.331 e. The van der Waals surface area contributed by atoms with Gasteiger partial charge in [0.05, 0.1) is 13.2 Å². The predicted octanol–water partition coefficient (Wildman–Crippen LogP) is 1.66. The number of hydrogen-bond acceptors (Lipinski definition) is 4. The summed E-state index contributed by atoms with van der Waals surface area (Å²) in [7, 11) is 1.31. The minimum absolute atomic E-state index is 0.139. The van der Waals surface area contributed by atoms with E-state index in [0.717, 1.165) is 0 Å². The number of rotatable bonds is 1. The van der Waals surface area contributed by atoms with Crippen molar-refractivity contribution < 1.29 is 19.7 Å². The highest BCUT2D eigenvalue weighted by Crippen LogP contribution is 2.46. The normalized spacial score (nSPS) is 33.0. The van der Waals surface area contributed by atoms with Gasteiger partial charge < -0.3 is 14.9 Å². The number of esters is 1. The topological polar surface area (TPSA) is 66.8 Å². The van der Waals surface area contributed by atoms with Gasteiger partial charge in [-0.3, -0.25) is 0 Å². The molecule has 4 nitrogen and oxygen atoms in total. The van der Waals surface area contributed by atoms with E-state index in [9.17, 15) is 15.0 Å². The van der Waals surface area contributed by atoms with Gasteiger partial charge in [0.1, 0.15) is 5.60 Å². The number of aliphatic hydroxyl groups excluding tert-OH is 1. The van der Waals surface area contributed by atoms with Crippen molar-refractivity contribution >= 4 is 5.97 Å². The van der Waals surface area contributed by atoms with Crippen LogP contribution in [0.5, 0.6) is 0 Å². The first-order valence-corrected chi connectivity index (χ1v) is 6.82. The molecule has 112 valence electrons. The predicted molar refractivity (Wildman–Crippen MR) is 76.7 cm³/mol. The summed E-state index contributed by atoms with van der Waals surface area (Å²) in [5, 5.41) is 20.7. The minimum atomic E-state index is -1.18. The fourth-order valence-corrected chi connectivity index (χ4v) is 2.83. The Hall–Kier alpha value is -1.31. The van der Waals surface area contributed by atoms with Crippen LogP contribution in [0.3, 0.4) is 0 Å². The van der Waals surface area contributed by atoms with Gasteiger partial charge in [-0.1, -0.05) is 32.6 Å². The van der Waals surface area contributed by atoms with Gasteiger partial charge in [0.2, 0.25) is 0 Å². The third kappa shape index (κ3) is 3.41. The molecule has 0 radical (unpaired) electrons. The van der Waals surface area contributed by atoms with Crippen LogP contribution >= 0.6 is 0 Å². The van der Waals surface area contributed by atoms with E-state index in [4.69, 9.17) is 0 Å². The van der Waals surface area contributed by atoms with E-state index in [0.29, 0.717) is 18.4 Å². The van der Waals surface area contributed by atoms with E-state index < -0.39 is 23.1 Å². The van der Waals surface area contributed by atoms with Crippen LogP contribution in [0.25, 0.3) is 0 Å². The summed E-state index contributed by atoms with van der Waals surface area (Å²) >= 11 is 0. The number of carbonyl (C=O) groups excluding carboxylic acids is 1. The molecule has 20 heavy (non-hydrogen) atoms. The fraction of sp³-hybridized carbons (Fsp3) is 0.688. The highest BCUT2D eigenvalue weighted by molar-refractivity contribution is 5.83. The number of hydrogen-bond donors (Lipinski definition) is 2. The van der Waals surface area contributed by atoms with Crippen molar-refractivity contribution in [3.8, 4) is 11.8 Å². The van der Waals surface area contributed by atoms with Gasteiger partial charge in [0.15, 0.2) is 0 Å². The second kappa shape index (κ2) is 5.99. The highest BCUT2D eigenvalue weighted by Gasteiger charge is 2.51. The van der Waals surface area contributed by atoms with E-state index in [1.807, 2.05) is 20.8 Å². The molecule has 0 aromatic carbocycles. The molecule has 1 aliphatic rings. The molecule has 3 unspecified atom stereocenters. The molecular formula is C16H24O4. The molecule has 0 spiro atoms. The van der Waals surface area contributed by atoms with Crippen LogP contribution in [0.4, 0.5) is 0 Å². The lowest BCUT2D eigenvalue weighted by molar-refractivity contribution is -0.134. The molecule has 1 saturated carbocycles. The largest absolute Gasteiger partial charge is 0.466 e. The number of allylic oxidation sites excluding steroid dienone is 1. The number of carbonyl (C=O) groups is 1. The summed E-state index contributed by atoms with van der Waals surface area (Å²) in [6.07, 6.45) is 1.91. The highest BCUT2D eigenvalue weighted by atomic mass is 16.5. The molecule has 0 aliphatic heterocycles. The number of methoxy groups -OCH3 is 1. The first-order chi connectivity index (χ1) is 9.12. The van der Waals surface area contributed by atoms with Gasteiger partial charge in [-0.15, -0.1) is 0 Å². The third-order valence-electron chi connectivity index (χ3n) is 4.10. The van der Waals surface area contributed by atoms with Crippen molar-refractivity contribution in [1.82, 2.24) is 0 Å². The van der Waals surface area contributed by atoms with Gasteiger partial charge in [-0.25, -0.2) is 4.79 Å². The molecule has 0 aromatic heterocycles. The molecule has 1 aliphatic carbocycles. The maximum absolute atomic E-state index is 11.1. The van der Waals surface area contributed by atoms with Crippen molar-refractivity contribution in [2.75, 3.05) is 7.11 Å². The minimum Gasteiger partial charge on any atom is -0.466 e. The zero-order valence-electron chi connectivity index (χ0n) is 12.9. The molecule has 0 heterocycles. The van der Waals surface area contributed by atoms with Crippen LogP contribution in [-0.4, -0.2) is 35.0 Å². The van der Waals surface area contributed by atoms with Crippen LogP contribution in [0.15, 0.2) is 11.6 Å². The molecule has 0 amide bonds. The van der Waals surface area contributed by atoms with Crippen molar-refractivity contribution in [3.63, 3.8) is 0 Å². The Labute approximate surface area is 120 Å². The average molecular weight is 280 g/mol. The molecule has 4 heteroatoms. The van der Waals surface area contributed by atoms with Gasteiger partial charge in [-0.05, 0) is 25.7 Å².